The lowest BCUT2D eigenvalue weighted by atomic mass is 10.0. The Morgan fingerprint density at radius 3 is 2.31 bits per heavy atom. The number of aromatic nitrogens is 5. The van der Waals surface area contributed by atoms with Gasteiger partial charge >= 0.3 is 11.7 Å². The fraction of sp³-hybridized carbons (Fsp3) is 0.353. The van der Waals surface area contributed by atoms with Gasteiger partial charge in [0.05, 0.1) is 31.4 Å². The monoisotopic (exact) mass is 677 g/mol. The van der Waals surface area contributed by atoms with Gasteiger partial charge in [-0.1, -0.05) is 41.7 Å². The van der Waals surface area contributed by atoms with Crippen LogP contribution in [0, 0.1) is 12.7 Å². The fourth-order valence-electron chi connectivity index (χ4n) is 5.25. The summed E-state index contributed by atoms with van der Waals surface area (Å²) in [5.74, 6) is -1.46. The van der Waals surface area contributed by atoms with E-state index in [1.165, 1.54) is 67.8 Å². The zero-order valence-corrected chi connectivity index (χ0v) is 28.5. The van der Waals surface area contributed by atoms with Gasteiger partial charge in [-0.2, -0.15) is 10.2 Å². The van der Waals surface area contributed by atoms with E-state index in [4.69, 9.17) is 14.2 Å². The molecule has 0 N–H and O–H groups in total. The molecule has 0 saturated heterocycles. The summed E-state index contributed by atoms with van der Waals surface area (Å²) < 4.78 is 34.3. The molecule has 0 aliphatic heterocycles. The number of halogens is 1. The van der Waals surface area contributed by atoms with Crippen molar-refractivity contribution in [3.05, 3.63) is 104 Å². The number of esters is 1. The van der Waals surface area contributed by atoms with Crippen LogP contribution in [0.4, 0.5) is 4.39 Å². The van der Waals surface area contributed by atoms with E-state index in [9.17, 15) is 23.6 Å². The largest absolute Gasteiger partial charge is 0.496 e. The molecule has 0 aliphatic rings. The Balaban J connectivity index is 1.74. The van der Waals surface area contributed by atoms with E-state index in [0.717, 1.165) is 21.5 Å². The maximum absolute atomic E-state index is 14.7. The van der Waals surface area contributed by atoms with Gasteiger partial charge in [0.2, 0.25) is 0 Å². The first-order valence-electron chi connectivity index (χ1n) is 15.1. The van der Waals surface area contributed by atoms with Crippen molar-refractivity contribution in [3.63, 3.8) is 0 Å². The lowest BCUT2D eigenvalue weighted by molar-refractivity contribution is -0.154. The number of carbonyl (C=O) groups is 2. The summed E-state index contributed by atoms with van der Waals surface area (Å²) in [7, 11) is 1.41. The van der Waals surface area contributed by atoms with E-state index in [0.29, 0.717) is 10.6 Å². The third-order valence-corrected chi connectivity index (χ3v) is 9.51. The van der Waals surface area contributed by atoms with E-state index in [2.05, 4.69) is 10.2 Å². The van der Waals surface area contributed by atoms with Gasteiger partial charge in [0, 0.05) is 11.1 Å². The molecule has 14 heteroatoms. The molecule has 0 unspecified atom stereocenters. The van der Waals surface area contributed by atoms with Crippen molar-refractivity contribution < 1.29 is 28.2 Å². The van der Waals surface area contributed by atoms with Crippen molar-refractivity contribution in [1.29, 1.82) is 0 Å². The maximum Gasteiger partial charge on any atom is 0.333 e. The summed E-state index contributed by atoms with van der Waals surface area (Å²) in [6, 6.07) is 12.9. The molecule has 0 saturated carbocycles. The Hall–Kier alpha value is -4.95. The number of ether oxygens (including phenoxy) is 3. The number of methoxy groups -OCH3 is 1. The minimum atomic E-state index is -1.77. The van der Waals surface area contributed by atoms with Crippen molar-refractivity contribution in [3.8, 4) is 10.8 Å². The lowest BCUT2D eigenvalue weighted by Crippen LogP contribution is -2.53. The standard InChI is InChI=1S/C34H36FN5O7S/c1-20-27-28(42)39(33(3,4)31(43)46-19-22-11-9-8-10-12-22)32(44)38(30(27)48-29(20)40-36-15-16-37-40)18-26(47-34(5,6)21(2)41)24-17-23(35)13-14-25(24)45-7/h8-17,26H,18-19H2,1-7H3/t26-/m0/s1. The average Bonchev–Trinajstić information content (AvgIpc) is 3.69. The second kappa shape index (κ2) is 13.3. The number of carbonyl (C=O) groups excluding carboxylic acids is 2. The Bertz CT molecular complexity index is 2100. The van der Waals surface area contributed by atoms with Crippen molar-refractivity contribution >= 4 is 33.3 Å². The molecule has 5 rings (SSSR count). The van der Waals surface area contributed by atoms with Crippen molar-refractivity contribution in [2.24, 2.45) is 0 Å². The van der Waals surface area contributed by atoms with Gasteiger partial charge in [-0.3, -0.25) is 14.2 Å². The first kappa shape index (κ1) is 34.4. The first-order chi connectivity index (χ1) is 22.7. The number of rotatable bonds is 12. The van der Waals surface area contributed by atoms with E-state index >= 15 is 0 Å². The number of nitrogens with zero attached hydrogens (tertiary/aromatic N) is 5. The normalized spacial score (nSPS) is 12.7. The van der Waals surface area contributed by atoms with E-state index in [1.54, 1.807) is 45.0 Å². The molecule has 0 fully saturated rings. The number of fused-ring (bicyclic) bond motifs is 1. The number of hydrogen-bond donors (Lipinski definition) is 0. The van der Waals surface area contributed by atoms with Gasteiger partial charge in [-0.05, 0) is 65.3 Å². The van der Waals surface area contributed by atoms with Crippen LogP contribution < -0.4 is 16.0 Å². The molecule has 0 spiro atoms. The molecule has 3 heterocycles. The number of thiophene rings is 1. The molecule has 2 aromatic carbocycles. The smallest absolute Gasteiger partial charge is 0.333 e. The predicted octanol–water partition coefficient (Wildman–Crippen LogP) is 4.87. The third kappa shape index (κ3) is 6.45. The van der Waals surface area contributed by atoms with E-state index in [1.807, 2.05) is 6.07 Å². The summed E-state index contributed by atoms with van der Waals surface area (Å²) >= 11 is 1.09. The second-order valence-corrected chi connectivity index (χ2v) is 13.2. The van der Waals surface area contributed by atoms with Gasteiger partial charge in [0.1, 0.15) is 45.2 Å². The van der Waals surface area contributed by atoms with Crippen molar-refractivity contribution in [1.82, 2.24) is 24.1 Å². The predicted molar refractivity (Wildman–Crippen MR) is 177 cm³/mol. The summed E-state index contributed by atoms with van der Waals surface area (Å²) in [5, 5.41) is 9.03. The van der Waals surface area contributed by atoms with Gasteiger partial charge in [0.25, 0.3) is 5.56 Å². The fourth-order valence-corrected chi connectivity index (χ4v) is 6.47. The highest BCUT2D eigenvalue weighted by atomic mass is 32.1. The molecule has 252 valence electrons. The topological polar surface area (TPSA) is 137 Å². The Kier molecular flexibility index (Phi) is 9.51. The van der Waals surface area contributed by atoms with Crippen molar-refractivity contribution in [2.45, 2.75) is 71.9 Å². The minimum absolute atomic E-state index is 0.0731. The van der Waals surface area contributed by atoms with Crippen LogP contribution in [-0.4, -0.2) is 48.6 Å². The van der Waals surface area contributed by atoms with Crippen LogP contribution in [-0.2, 0) is 37.8 Å². The molecule has 0 bridgehead atoms. The summed E-state index contributed by atoms with van der Waals surface area (Å²) in [5.41, 5.74) is -3.28. The van der Waals surface area contributed by atoms with E-state index in [-0.39, 0.29) is 40.5 Å². The molecule has 12 nitrogen and oxygen atoms in total. The molecule has 48 heavy (non-hydrogen) atoms. The zero-order valence-electron chi connectivity index (χ0n) is 27.6. The average molecular weight is 678 g/mol. The van der Waals surface area contributed by atoms with Crippen LogP contribution in [0.25, 0.3) is 15.2 Å². The van der Waals surface area contributed by atoms with Crippen LogP contribution in [0.15, 0.2) is 70.5 Å². The van der Waals surface area contributed by atoms with Crippen LogP contribution in [0.3, 0.4) is 0 Å². The van der Waals surface area contributed by atoms with Crippen LogP contribution in [0.5, 0.6) is 5.75 Å². The number of benzene rings is 2. The second-order valence-electron chi connectivity index (χ2n) is 12.2. The Morgan fingerprint density at radius 2 is 1.69 bits per heavy atom. The van der Waals surface area contributed by atoms with Gasteiger partial charge in [0.15, 0.2) is 5.78 Å². The third-order valence-electron chi connectivity index (χ3n) is 8.23. The minimum Gasteiger partial charge on any atom is -0.496 e. The Morgan fingerprint density at radius 1 is 1.02 bits per heavy atom. The highest BCUT2D eigenvalue weighted by Gasteiger charge is 2.38. The molecule has 0 aliphatic carbocycles. The highest BCUT2D eigenvalue weighted by molar-refractivity contribution is 7.21. The zero-order chi connectivity index (χ0) is 35.0. The first-order valence-corrected chi connectivity index (χ1v) is 15.9. The summed E-state index contributed by atoms with van der Waals surface area (Å²) in [4.78, 5) is 56.7. The Labute approximate surface area is 279 Å². The molecule has 3 aromatic heterocycles. The van der Waals surface area contributed by atoms with E-state index < -0.39 is 40.3 Å². The lowest BCUT2D eigenvalue weighted by Gasteiger charge is -2.31. The van der Waals surface area contributed by atoms with Crippen LogP contribution in [0.1, 0.15) is 57.4 Å². The molecular formula is C34H36FN5O7S. The SMILES string of the molecule is COc1ccc(F)cc1[C@H](Cn1c(=O)n(C(C)(C)C(=O)OCc2ccccc2)c(=O)c2c(C)c(-n3nccn3)sc21)OC(C)(C)C(C)=O. The number of ketones is 1. The summed E-state index contributed by atoms with van der Waals surface area (Å²) in [6.07, 6.45) is 1.82. The summed E-state index contributed by atoms with van der Waals surface area (Å²) in [6.45, 7) is 8.68. The molecule has 1 atom stereocenters. The number of hydrogen-bond acceptors (Lipinski definition) is 10. The van der Waals surface area contributed by atoms with Crippen LogP contribution >= 0.6 is 11.3 Å². The highest BCUT2D eigenvalue weighted by Crippen LogP contribution is 2.36. The molecule has 5 aromatic rings. The van der Waals surface area contributed by atoms with Crippen molar-refractivity contribution in [2.75, 3.05) is 7.11 Å². The number of Topliss-reactive ketones (excluding diaryl/α,β-unsaturated/α-hetero) is 1. The molecule has 0 amide bonds. The maximum atomic E-state index is 14.7. The molecular weight excluding hydrogens is 641 g/mol. The number of aryl methyl sites for hydroxylation is 1. The van der Waals surface area contributed by atoms with Crippen LogP contribution in [0.2, 0.25) is 0 Å². The molecule has 0 radical (unpaired) electrons. The van der Waals surface area contributed by atoms with Gasteiger partial charge in [-0.15, -0.1) is 4.80 Å². The van der Waals surface area contributed by atoms with Gasteiger partial charge < -0.3 is 14.2 Å². The quantitative estimate of drug-likeness (QED) is 0.170. The van der Waals surface area contributed by atoms with Gasteiger partial charge in [-0.25, -0.2) is 18.5 Å².